The van der Waals surface area contributed by atoms with Gasteiger partial charge in [-0.2, -0.15) is 0 Å². The van der Waals surface area contributed by atoms with Crippen LogP contribution in [0.2, 0.25) is 0 Å². The van der Waals surface area contributed by atoms with E-state index >= 15 is 0 Å². The lowest BCUT2D eigenvalue weighted by molar-refractivity contribution is -0.123. The molecule has 1 aliphatic carbocycles. The van der Waals surface area contributed by atoms with Crippen molar-refractivity contribution in [3.8, 4) is 0 Å². The van der Waals surface area contributed by atoms with Gasteiger partial charge in [-0.1, -0.05) is 6.92 Å². The van der Waals surface area contributed by atoms with Gasteiger partial charge in [0.1, 0.15) is 5.65 Å². The molecule has 2 atom stereocenters. The van der Waals surface area contributed by atoms with Gasteiger partial charge < -0.3 is 15.0 Å². The standard InChI is InChI=1S/C16H19BrN4O2/c1-10-6-13(10)16(23)18-5-4-15(22)19-7-12-9-21-8-11(17)2-3-14(21)20-12/h2-3,8-10,13H,4-7H2,1H3,(H,18,23)(H,19,22)/t10-,13+/m0/s1. The van der Waals surface area contributed by atoms with Crippen LogP contribution in [0.3, 0.4) is 0 Å². The van der Waals surface area contributed by atoms with E-state index in [0.29, 0.717) is 19.0 Å². The number of imidazole rings is 1. The molecular weight excluding hydrogens is 360 g/mol. The smallest absolute Gasteiger partial charge is 0.223 e. The van der Waals surface area contributed by atoms with Gasteiger partial charge in [-0.25, -0.2) is 4.98 Å². The number of rotatable bonds is 6. The molecule has 2 amide bonds. The van der Waals surface area contributed by atoms with Crippen LogP contribution in [0, 0.1) is 11.8 Å². The minimum atomic E-state index is -0.0904. The fraction of sp³-hybridized carbons (Fsp3) is 0.438. The van der Waals surface area contributed by atoms with E-state index in [4.69, 9.17) is 0 Å². The van der Waals surface area contributed by atoms with Gasteiger partial charge in [0.2, 0.25) is 11.8 Å². The predicted molar refractivity (Wildman–Crippen MR) is 89.6 cm³/mol. The Bertz CT molecular complexity index is 743. The number of hydrogen-bond acceptors (Lipinski definition) is 3. The normalized spacial score (nSPS) is 19.6. The van der Waals surface area contributed by atoms with Crippen molar-refractivity contribution in [1.29, 1.82) is 0 Å². The van der Waals surface area contributed by atoms with Crippen molar-refractivity contribution in [3.63, 3.8) is 0 Å². The summed E-state index contributed by atoms with van der Waals surface area (Å²) in [7, 11) is 0. The molecule has 0 radical (unpaired) electrons. The maximum Gasteiger partial charge on any atom is 0.223 e. The van der Waals surface area contributed by atoms with E-state index in [1.54, 1.807) is 0 Å². The van der Waals surface area contributed by atoms with Crippen LogP contribution in [0.5, 0.6) is 0 Å². The molecule has 0 spiro atoms. The van der Waals surface area contributed by atoms with Gasteiger partial charge in [-0.15, -0.1) is 0 Å². The molecule has 23 heavy (non-hydrogen) atoms. The van der Waals surface area contributed by atoms with E-state index in [-0.39, 0.29) is 24.2 Å². The average molecular weight is 379 g/mol. The first-order valence-electron chi connectivity index (χ1n) is 7.70. The van der Waals surface area contributed by atoms with Crippen LogP contribution in [-0.4, -0.2) is 27.7 Å². The molecule has 2 aromatic heterocycles. The average Bonchev–Trinajstić information content (AvgIpc) is 3.10. The quantitative estimate of drug-likeness (QED) is 0.805. The molecule has 0 saturated heterocycles. The van der Waals surface area contributed by atoms with Gasteiger partial charge >= 0.3 is 0 Å². The molecule has 2 aromatic rings. The molecule has 0 aromatic carbocycles. The highest BCUT2D eigenvalue weighted by atomic mass is 79.9. The summed E-state index contributed by atoms with van der Waals surface area (Å²) < 4.78 is 2.88. The molecule has 1 saturated carbocycles. The Kier molecular flexibility index (Phi) is 4.66. The number of carbonyl (C=O) groups excluding carboxylic acids is 2. The Morgan fingerprint density at radius 1 is 1.35 bits per heavy atom. The van der Waals surface area contributed by atoms with E-state index in [1.807, 2.05) is 28.9 Å². The molecule has 0 bridgehead atoms. The second-order valence-corrected chi connectivity index (χ2v) is 6.90. The summed E-state index contributed by atoms with van der Waals surface area (Å²) in [6.07, 6.45) is 5.05. The first kappa shape index (κ1) is 16.0. The third-order valence-corrected chi connectivity index (χ3v) is 4.50. The summed E-state index contributed by atoms with van der Waals surface area (Å²) in [4.78, 5) is 27.9. The molecular formula is C16H19BrN4O2. The lowest BCUT2D eigenvalue weighted by atomic mass is 10.3. The van der Waals surface area contributed by atoms with Crippen LogP contribution >= 0.6 is 15.9 Å². The number of pyridine rings is 1. The fourth-order valence-corrected chi connectivity index (χ4v) is 2.85. The van der Waals surface area contributed by atoms with E-state index in [0.717, 1.165) is 22.2 Å². The van der Waals surface area contributed by atoms with Gasteiger partial charge in [-0.3, -0.25) is 9.59 Å². The molecule has 0 unspecified atom stereocenters. The molecule has 7 heteroatoms. The lowest BCUT2D eigenvalue weighted by Crippen LogP contribution is -2.31. The van der Waals surface area contributed by atoms with Crippen LogP contribution in [0.1, 0.15) is 25.5 Å². The van der Waals surface area contributed by atoms with Crippen LogP contribution in [0.15, 0.2) is 29.0 Å². The summed E-state index contributed by atoms with van der Waals surface area (Å²) in [5.74, 6) is 0.609. The Hall–Kier alpha value is -1.89. The van der Waals surface area contributed by atoms with Gasteiger partial charge in [0, 0.05) is 35.7 Å². The molecule has 2 N–H and O–H groups in total. The zero-order chi connectivity index (χ0) is 16.4. The number of nitrogens with zero attached hydrogens (tertiary/aromatic N) is 2. The summed E-state index contributed by atoms with van der Waals surface area (Å²) in [5.41, 5.74) is 1.63. The highest BCUT2D eigenvalue weighted by molar-refractivity contribution is 9.10. The summed E-state index contributed by atoms with van der Waals surface area (Å²) in [6.45, 7) is 2.82. The van der Waals surface area contributed by atoms with Crippen molar-refractivity contribution in [2.24, 2.45) is 11.8 Å². The van der Waals surface area contributed by atoms with Crippen molar-refractivity contribution in [2.75, 3.05) is 6.54 Å². The van der Waals surface area contributed by atoms with E-state index < -0.39 is 0 Å². The third kappa shape index (κ3) is 4.10. The lowest BCUT2D eigenvalue weighted by Gasteiger charge is -2.05. The summed E-state index contributed by atoms with van der Waals surface area (Å²) in [5, 5.41) is 5.63. The largest absolute Gasteiger partial charge is 0.355 e. The van der Waals surface area contributed by atoms with Crippen LogP contribution in [-0.2, 0) is 16.1 Å². The Morgan fingerprint density at radius 2 is 2.13 bits per heavy atom. The number of hydrogen-bond donors (Lipinski definition) is 2. The number of carbonyl (C=O) groups is 2. The Morgan fingerprint density at radius 3 is 2.87 bits per heavy atom. The minimum Gasteiger partial charge on any atom is -0.355 e. The number of fused-ring (bicyclic) bond motifs is 1. The topological polar surface area (TPSA) is 75.5 Å². The van der Waals surface area contributed by atoms with Crippen molar-refractivity contribution in [2.45, 2.75) is 26.3 Å². The zero-order valence-corrected chi connectivity index (χ0v) is 14.5. The maximum atomic E-state index is 11.8. The van der Waals surface area contributed by atoms with Crippen LogP contribution < -0.4 is 10.6 Å². The van der Waals surface area contributed by atoms with Gasteiger partial charge in [0.05, 0.1) is 12.2 Å². The molecule has 6 nitrogen and oxygen atoms in total. The van der Waals surface area contributed by atoms with Crippen molar-refractivity contribution in [1.82, 2.24) is 20.0 Å². The SMILES string of the molecule is C[C@H]1C[C@H]1C(=O)NCCC(=O)NCc1cn2cc(Br)ccc2n1. The monoisotopic (exact) mass is 378 g/mol. The molecule has 122 valence electrons. The molecule has 0 aliphatic heterocycles. The number of amides is 2. The van der Waals surface area contributed by atoms with Gasteiger partial charge in [0.15, 0.2) is 0 Å². The highest BCUT2D eigenvalue weighted by Crippen LogP contribution is 2.37. The van der Waals surface area contributed by atoms with E-state index in [9.17, 15) is 9.59 Å². The fourth-order valence-electron chi connectivity index (χ4n) is 2.50. The van der Waals surface area contributed by atoms with Crippen molar-refractivity contribution < 1.29 is 9.59 Å². The first-order valence-corrected chi connectivity index (χ1v) is 8.50. The summed E-state index contributed by atoms with van der Waals surface area (Å²) in [6, 6.07) is 3.83. The minimum absolute atomic E-state index is 0.0660. The maximum absolute atomic E-state index is 11.8. The Labute approximate surface area is 142 Å². The predicted octanol–water partition coefficient (Wildman–Crippen LogP) is 1.88. The van der Waals surface area contributed by atoms with E-state index in [2.05, 4.69) is 38.5 Å². The second kappa shape index (κ2) is 6.70. The zero-order valence-electron chi connectivity index (χ0n) is 12.9. The molecule has 2 heterocycles. The number of nitrogens with one attached hydrogen (secondary N) is 2. The molecule has 1 aliphatic rings. The second-order valence-electron chi connectivity index (χ2n) is 5.98. The highest BCUT2D eigenvalue weighted by Gasteiger charge is 2.38. The Balaban J connectivity index is 1.42. The van der Waals surface area contributed by atoms with Crippen LogP contribution in [0.25, 0.3) is 5.65 Å². The van der Waals surface area contributed by atoms with E-state index in [1.165, 1.54) is 0 Å². The van der Waals surface area contributed by atoms with Crippen molar-refractivity contribution >= 4 is 33.4 Å². The third-order valence-electron chi connectivity index (χ3n) is 4.03. The van der Waals surface area contributed by atoms with Crippen LogP contribution in [0.4, 0.5) is 0 Å². The molecule has 1 fully saturated rings. The summed E-state index contributed by atoms with van der Waals surface area (Å²) >= 11 is 3.41. The van der Waals surface area contributed by atoms with Crippen molar-refractivity contribution in [3.05, 3.63) is 34.7 Å². The molecule has 3 rings (SSSR count). The van der Waals surface area contributed by atoms with Gasteiger partial charge in [0.25, 0.3) is 0 Å². The number of aromatic nitrogens is 2. The first-order chi connectivity index (χ1) is 11.0. The van der Waals surface area contributed by atoms with Gasteiger partial charge in [-0.05, 0) is 40.4 Å². The number of halogens is 1.